The minimum absolute atomic E-state index is 0.203. The van der Waals surface area contributed by atoms with E-state index in [4.69, 9.17) is 15.7 Å². The fraction of sp³-hybridized carbons (Fsp3) is 0.364. The molecule has 0 aromatic heterocycles. The van der Waals surface area contributed by atoms with E-state index in [-0.39, 0.29) is 6.04 Å². The highest BCUT2D eigenvalue weighted by Crippen LogP contribution is 2.22. The summed E-state index contributed by atoms with van der Waals surface area (Å²) in [6, 6.07) is 7.56. The third-order valence-electron chi connectivity index (χ3n) is 2.19. The molecule has 1 rings (SSSR count). The summed E-state index contributed by atoms with van der Waals surface area (Å²) >= 11 is 0. The number of ether oxygens (including phenoxy) is 1. The first-order valence-corrected chi connectivity index (χ1v) is 4.46. The van der Waals surface area contributed by atoms with Gasteiger partial charge >= 0.3 is 0 Å². The predicted octanol–water partition coefficient (Wildman–Crippen LogP) is 1.92. The first-order chi connectivity index (χ1) is 6.69. The van der Waals surface area contributed by atoms with E-state index in [0.717, 1.165) is 16.9 Å². The van der Waals surface area contributed by atoms with Gasteiger partial charge in [0, 0.05) is 6.04 Å². The number of hydrogen-bond acceptors (Lipinski definition) is 3. The summed E-state index contributed by atoms with van der Waals surface area (Å²) in [5, 5.41) is 8.53. The standard InChI is InChI=1S/C11H14N2O/c1-8-7-9(14-2)3-4-10(8)11(13)5-6-12/h3-4,7,11H,5,13H2,1-2H3/t11-/m0/s1. The van der Waals surface area contributed by atoms with Crippen LogP contribution in [0.3, 0.4) is 0 Å². The maximum atomic E-state index is 8.53. The highest BCUT2D eigenvalue weighted by molar-refractivity contribution is 5.36. The first-order valence-electron chi connectivity index (χ1n) is 4.46. The number of nitrogens with zero attached hydrogens (tertiary/aromatic N) is 1. The van der Waals surface area contributed by atoms with E-state index in [1.165, 1.54) is 0 Å². The average Bonchev–Trinajstić information content (AvgIpc) is 2.17. The zero-order valence-corrected chi connectivity index (χ0v) is 8.45. The lowest BCUT2D eigenvalue weighted by Crippen LogP contribution is -2.10. The molecule has 1 aromatic carbocycles. The van der Waals surface area contributed by atoms with Crippen molar-refractivity contribution in [3.63, 3.8) is 0 Å². The molecule has 0 radical (unpaired) electrons. The minimum Gasteiger partial charge on any atom is -0.497 e. The molecule has 1 atom stereocenters. The molecule has 0 aliphatic carbocycles. The van der Waals surface area contributed by atoms with Crippen molar-refractivity contribution in [1.29, 1.82) is 5.26 Å². The van der Waals surface area contributed by atoms with Gasteiger partial charge in [-0.05, 0) is 30.2 Å². The van der Waals surface area contributed by atoms with Crippen LogP contribution in [0.1, 0.15) is 23.6 Å². The second-order valence-electron chi connectivity index (χ2n) is 3.19. The molecule has 14 heavy (non-hydrogen) atoms. The molecular formula is C11H14N2O. The molecule has 0 aliphatic rings. The minimum atomic E-state index is -0.203. The van der Waals surface area contributed by atoms with E-state index in [9.17, 15) is 0 Å². The molecule has 0 heterocycles. The lowest BCUT2D eigenvalue weighted by Gasteiger charge is -2.12. The lowest BCUT2D eigenvalue weighted by atomic mass is 10.00. The van der Waals surface area contributed by atoms with Gasteiger partial charge in [0.2, 0.25) is 0 Å². The van der Waals surface area contributed by atoms with E-state index in [2.05, 4.69) is 6.07 Å². The number of nitriles is 1. The maximum Gasteiger partial charge on any atom is 0.119 e. The number of hydrogen-bond donors (Lipinski definition) is 1. The van der Waals surface area contributed by atoms with E-state index < -0.39 is 0 Å². The van der Waals surface area contributed by atoms with Crippen LogP contribution in [0, 0.1) is 18.3 Å². The molecule has 0 spiro atoms. The molecule has 3 heteroatoms. The molecule has 2 N–H and O–H groups in total. The topological polar surface area (TPSA) is 59.0 Å². The van der Waals surface area contributed by atoms with Crippen molar-refractivity contribution in [3.8, 4) is 11.8 Å². The van der Waals surface area contributed by atoms with Gasteiger partial charge in [0.05, 0.1) is 19.6 Å². The largest absolute Gasteiger partial charge is 0.497 e. The third-order valence-corrected chi connectivity index (χ3v) is 2.19. The van der Waals surface area contributed by atoms with Crippen molar-refractivity contribution in [2.75, 3.05) is 7.11 Å². The highest BCUT2D eigenvalue weighted by Gasteiger charge is 2.08. The first kappa shape index (κ1) is 10.6. The normalized spacial score (nSPS) is 11.9. The number of aryl methyl sites for hydroxylation is 1. The molecule has 1 aromatic rings. The Bertz CT molecular complexity index is 355. The summed E-state index contributed by atoms with van der Waals surface area (Å²) in [4.78, 5) is 0. The van der Waals surface area contributed by atoms with Gasteiger partial charge in [-0.2, -0.15) is 5.26 Å². The Kier molecular flexibility index (Phi) is 3.49. The second-order valence-corrected chi connectivity index (χ2v) is 3.19. The molecule has 3 nitrogen and oxygen atoms in total. The smallest absolute Gasteiger partial charge is 0.119 e. The van der Waals surface area contributed by atoms with Crippen molar-refractivity contribution in [3.05, 3.63) is 29.3 Å². The van der Waals surface area contributed by atoms with Crippen molar-refractivity contribution < 1.29 is 4.74 Å². The van der Waals surface area contributed by atoms with Gasteiger partial charge in [-0.3, -0.25) is 0 Å². The number of benzene rings is 1. The van der Waals surface area contributed by atoms with E-state index >= 15 is 0 Å². The molecule has 0 amide bonds. The predicted molar refractivity (Wildman–Crippen MR) is 54.9 cm³/mol. The Labute approximate surface area is 84.1 Å². The molecule has 0 fully saturated rings. The molecule has 0 unspecified atom stereocenters. The van der Waals surface area contributed by atoms with Crippen LogP contribution in [0.2, 0.25) is 0 Å². The van der Waals surface area contributed by atoms with Crippen LogP contribution < -0.4 is 10.5 Å². The molecule has 0 bridgehead atoms. The Morgan fingerprint density at radius 3 is 2.79 bits per heavy atom. The Hall–Kier alpha value is -1.53. The third kappa shape index (κ3) is 2.24. The average molecular weight is 190 g/mol. The zero-order chi connectivity index (χ0) is 10.6. The summed E-state index contributed by atoms with van der Waals surface area (Å²) in [7, 11) is 1.63. The van der Waals surface area contributed by atoms with Crippen molar-refractivity contribution in [2.24, 2.45) is 5.73 Å². The van der Waals surface area contributed by atoms with Crippen LogP contribution in [0.5, 0.6) is 5.75 Å². The van der Waals surface area contributed by atoms with Gasteiger partial charge in [-0.25, -0.2) is 0 Å². The van der Waals surface area contributed by atoms with Gasteiger partial charge < -0.3 is 10.5 Å². The fourth-order valence-corrected chi connectivity index (χ4v) is 1.40. The summed E-state index contributed by atoms with van der Waals surface area (Å²) in [5.74, 6) is 0.815. The van der Waals surface area contributed by atoms with Crippen LogP contribution in [0.25, 0.3) is 0 Å². The zero-order valence-electron chi connectivity index (χ0n) is 8.45. The van der Waals surface area contributed by atoms with Crippen LogP contribution in [-0.4, -0.2) is 7.11 Å². The summed E-state index contributed by atoms with van der Waals surface area (Å²) < 4.78 is 5.08. The quantitative estimate of drug-likeness (QED) is 0.792. The van der Waals surface area contributed by atoms with E-state index in [1.807, 2.05) is 25.1 Å². The van der Waals surface area contributed by atoms with Gasteiger partial charge in [-0.1, -0.05) is 6.07 Å². The van der Waals surface area contributed by atoms with Gasteiger partial charge in [0.25, 0.3) is 0 Å². The van der Waals surface area contributed by atoms with Gasteiger partial charge in [0.1, 0.15) is 5.75 Å². The number of rotatable bonds is 3. The molecule has 0 saturated heterocycles. The summed E-state index contributed by atoms with van der Waals surface area (Å²) in [6.07, 6.45) is 0.340. The fourth-order valence-electron chi connectivity index (χ4n) is 1.40. The van der Waals surface area contributed by atoms with Crippen LogP contribution in [0.4, 0.5) is 0 Å². The number of methoxy groups -OCH3 is 1. The Morgan fingerprint density at radius 2 is 2.29 bits per heavy atom. The molecule has 0 aliphatic heterocycles. The summed E-state index contributed by atoms with van der Waals surface area (Å²) in [6.45, 7) is 1.97. The Morgan fingerprint density at radius 1 is 1.57 bits per heavy atom. The van der Waals surface area contributed by atoms with E-state index in [0.29, 0.717) is 6.42 Å². The van der Waals surface area contributed by atoms with E-state index in [1.54, 1.807) is 7.11 Å². The van der Waals surface area contributed by atoms with Crippen molar-refractivity contribution in [1.82, 2.24) is 0 Å². The molecular weight excluding hydrogens is 176 g/mol. The SMILES string of the molecule is COc1ccc([C@@H](N)CC#N)c(C)c1. The van der Waals surface area contributed by atoms with Crippen LogP contribution in [0.15, 0.2) is 18.2 Å². The number of nitrogens with two attached hydrogens (primary N) is 1. The maximum absolute atomic E-state index is 8.53. The van der Waals surface area contributed by atoms with Gasteiger partial charge in [-0.15, -0.1) is 0 Å². The van der Waals surface area contributed by atoms with Gasteiger partial charge in [0.15, 0.2) is 0 Å². The Balaban J connectivity index is 2.94. The van der Waals surface area contributed by atoms with Crippen LogP contribution >= 0.6 is 0 Å². The van der Waals surface area contributed by atoms with Crippen molar-refractivity contribution in [2.45, 2.75) is 19.4 Å². The summed E-state index contributed by atoms with van der Waals surface area (Å²) in [5.41, 5.74) is 7.90. The highest BCUT2D eigenvalue weighted by atomic mass is 16.5. The van der Waals surface area contributed by atoms with Crippen LogP contribution in [-0.2, 0) is 0 Å². The monoisotopic (exact) mass is 190 g/mol. The molecule has 0 saturated carbocycles. The lowest BCUT2D eigenvalue weighted by molar-refractivity contribution is 0.414. The second kappa shape index (κ2) is 4.64. The molecule has 74 valence electrons. The van der Waals surface area contributed by atoms with Crippen molar-refractivity contribution >= 4 is 0 Å².